The summed E-state index contributed by atoms with van der Waals surface area (Å²) in [5.74, 6) is 0.357. The fourth-order valence-electron chi connectivity index (χ4n) is 2.88. The van der Waals surface area contributed by atoms with Crippen LogP contribution in [0.3, 0.4) is 0 Å². The van der Waals surface area contributed by atoms with Crippen molar-refractivity contribution in [3.05, 3.63) is 96.1 Å². The molecule has 0 aliphatic carbocycles. The molecule has 2 amide bonds. The highest BCUT2D eigenvalue weighted by molar-refractivity contribution is 7.99. The average Bonchev–Trinajstić information content (AvgIpc) is 2.75. The highest BCUT2D eigenvalue weighted by Crippen LogP contribution is 2.20. The monoisotopic (exact) mass is 404 g/mol. The van der Waals surface area contributed by atoms with Crippen molar-refractivity contribution in [2.75, 3.05) is 11.1 Å². The minimum absolute atomic E-state index is 0.107. The molecule has 0 radical (unpaired) electrons. The highest BCUT2D eigenvalue weighted by atomic mass is 32.2. The summed E-state index contributed by atoms with van der Waals surface area (Å²) in [4.78, 5) is 26.3. The van der Waals surface area contributed by atoms with Crippen molar-refractivity contribution < 1.29 is 9.59 Å². The van der Waals surface area contributed by atoms with Crippen molar-refractivity contribution in [1.82, 2.24) is 5.32 Å². The summed E-state index contributed by atoms with van der Waals surface area (Å²) in [6, 6.07) is 26.7. The number of amides is 2. The van der Waals surface area contributed by atoms with E-state index < -0.39 is 0 Å². The molecule has 3 aromatic rings. The largest absolute Gasteiger partial charge is 0.345 e. The van der Waals surface area contributed by atoms with Crippen molar-refractivity contribution >= 4 is 29.3 Å². The summed E-state index contributed by atoms with van der Waals surface area (Å²) < 4.78 is 0. The van der Waals surface area contributed by atoms with Crippen LogP contribution >= 0.6 is 11.8 Å². The molecule has 0 aromatic heterocycles. The van der Waals surface area contributed by atoms with Gasteiger partial charge in [-0.05, 0) is 36.8 Å². The van der Waals surface area contributed by atoms with Crippen molar-refractivity contribution in [3.63, 3.8) is 0 Å². The smallest absolute Gasteiger partial charge is 0.253 e. The van der Waals surface area contributed by atoms with Gasteiger partial charge in [0.15, 0.2) is 0 Å². The van der Waals surface area contributed by atoms with E-state index in [-0.39, 0.29) is 17.9 Å². The van der Waals surface area contributed by atoms with Crippen LogP contribution in [-0.4, -0.2) is 17.6 Å². The molecule has 0 heterocycles. The lowest BCUT2D eigenvalue weighted by atomic mass is 10.1. The Balaban J connectivity index is 1.57. The predicted molar refractivity (Wildman–Crippen MR) is 119 cm³/mol. The fraction of sp³-hybridized carbons (Fsp3) is 0.167. The Kier molecular flexibility index (Phi) is 7.47. The molecule has 0 saturated carbocycles. The van der Waals surface area contributed by atoms with Gasteiger partial charge in [-0.1, -0.05) is 60.7 Å². The van der Waals surface area contributed by atoms with Crippen LogP contribution in [0, 0.1) is 0 Å². The van der Waals surface area contributed by atoms with Crippen molar-refractivity contribution in [3.8, 4) is 0 Å². The maximum absolute atomic E-state index is 12.8. The van der Waals surface area contributed by atoms with Gasteiger partial charge in [0.1, 0.15) is 0 Å². The maximum Gasteiger partial charge on any atom is 0.253 e. The molecule has 5 heteroatoms. The minimum Gasteiger partial charge on any atom is -0.345 e. The molecule has 0 unspecified atom stereocenters. The minimum atomic E-state index is -0.212. The first-order chi connectivity index (χ1) is 14.1. The van der Waals surface area contributed by atoms with E-state index in [1.165, 1.54) is 0 Å². The third-order valence-electron chi connectivity index (χ3n) is 4.43. The summed E-state index contributed by atoms with van der Waals surface area (Å²) in [5.41, 5.74) is 2.01. The Bertz CT molecular complexity index is 945. The van der Waals surface area contributed by atoms with E-state index in [4.69, 9.17) is 0 Å². The first-order valence-corrected chi connectivity index (χ1v) is 10.5. The Morgan fingerprint density at radius 1 is 0.862 bits per heavy atom. The number of hydrogen-bond donors (Lipinski definition) is 2. The van der Waals surface area contributed by atoms with Crippen LogP contribution in [0.5, 0.6) is 0 Å². The van der Waals surface area contributed by atoms with Gasteiger partial charge in [-0.3, -0.25) is 9.59 Å². The van der Waals surface area contributed by atoms with Crippen molar-refractivity contribution in [2.24, 2.45) is 0 Å². The molecule has 0 bridgehead atoms. The lowest BCUT2D eigenvalue weighted by Gasteiger charge is -2.16. The number of benzene rings is 3. The van der Waals surface area contributed by atoms with E-state index in [1.54, 1.807) is 30.0 Å². The van der Waals surface area contributed by atoms with E-state index in [0.717, 1.165) is 10.5 Å². The van der Waals surface area contributed by atoms with E-state index >= 15 is 0 Å². The SMILES string of the molecule is C[C@@H](NC(=O)c1ccccc1NC(=O)CCSc1ccccc1)c1ccccc1. The number of hydrogen-bond acceptors (Lipinski definition) is 3. The molecule has 0 aliphatic rings. The fourth-order valence-corrected chi connectivity index (χ4v) is 3.75. The molecule has 148 valence electrons. The zero-order valence-electron chi connectivity index (χ0n) is 16.3. The first-order valence-electron chi connectivity index (χ1n) is 9.56. The van der Waals surface area contributed by atoms with Gasteiger partial charge in [0.25, 0.3) is 5.91 Å². The van der Waals surface area contributed by atoms with Gasteiger partial charge in [0.05, 0.1) is 17.3 Å². The predicted octanol–water partition coefficient (Wildman–Crippen LogP) is 5.30. The molecule has 4 nitrogen and oxygen atoms in total. The number of para-hydroxylation sites is 1. The summed E-state index contributed by atoms with van der Waals surface area (Å²) in [6.45, 7) is 1.94. The van der Waals surface area contributed by atoms with E-state index in [2.05, 4.69) is 10.6 Å². The molecule has 29 heavy (non-hydrogen) atoms. The number of rotatable bonds is 8. The van der Waals surface area contributed by atoms with Crippen LogP contribution in [0.4, 0.5) is 5.69 Å². The molecule has 0 spiro atoms. The number of thioether (sulfide) groups is 1. The molecule has 3 aromatic carbocycles. The molecule has 0 aliphatic heterocycles. The maximum atomic E-state index is 12.8. The molecule has 1 atom stereocenters. The van der Waals surface area contributed by atoms with Gasteiger partial charge in [-0.25, -0.2) is 0 Å². The zero-order chi connectivity index (χ0) is 20.5. The Hall–Kier alpha value is -3.05. The van der Waals surface area contributed by atoms with Gasteiger partial charge < -0.3 is 10.6 Å². The number of nitrogens with one attached hydrogen (secondary N) is 2. The first kappa shape index (κ1) is 20.7. The molecular formula is C24H24N2O2S. The Morgan fingerprint density at radius 3 is 2.21 bits per heavy atom. The standard InChI is InChI=1S/C24H24N2O2S/c1-18(19-10-4-2-5-11-19)25-24(28)21-14-8-9-15-22(21)26-23(27)16-17-29-20-12-6-3-7-13-20/h2-15,18H,16-17H2,1H3,(H,25,28)(H,26,27)/t18-/m1/s1. The third-order valence-corrected chi connectivity index (χ3v) is 5.45. The summed E-state index contributed by atoms with van der Waals surface area (Å²) in [7, 11) is 0. The number of carbonyl (C=O) groups excluding carboxylic acids is 2. The van der Waals surface area contributed by atoms with Crippen molar-refractivity contribution in [2.45, 2.75) is 24.3 Å². The van der Waals surface area contributed by atoms with E-state index in [1.807, 2.05) is 73.7 Å². The molecular weight excluding hydrogens is 380 g/mol. The van der Waals surface area contributed by atoms with Gasteiger partial charge in [0, 0.05) is 17.1 Å². The van der Waals surface area contributed by atoms with Gasteiger partial charge in [-0.15, -0.1) is 11.8 Å². The molecule has 3 rings (SSSR count). The van der Waals surface area contributed by atoms with Crippen LogP contribution in [0.2, 0.25) is 0 Å². The lowest BCUT2D eigenvalue weighted by molar-refractivity contribution is -0.115. The topological polar surface area (TPSA) is 58.2 Å². The van der Waals surface area contributed by atoms with Crippen LogP contribution in [-0.2, 0) is 4.79 Å². The Morgan fingerprint density at radius 2 is 1.48 bits per heavy atom. The zero-order valence-corrected chi connectivity index (χ0v) is 17.1. The van der Waals surface area contributed by atoms with Crippen LogP contribution in [0.25, 0.3) is 0 Å². The number of carbonyl (C=O) groups is 2. The van der Waals surface area contributed by atoms with Crippen LogP contribution in [0.1, 0.15) is 35.3 Å². The highest BCUT2D eigenvalue weighted by Gasteiger charge is 2.16. The summed E-state index contributed by atoms with van der Waals surface area (Å²) in [5, 5.41) is 5.87. The summed E-state index contributed by atoms with van der Waals surface area (Å²) in [6.07, 6.45) is 0.371. The lowest BCUT2D eigenvalue weighted by Crippen LogP contribution is -2.28. The van der Waals surface area contributed by atoms with Crippen molar-refractivity contribution in [1.29, 1.82) is 0 Å². The second-order valence-electron chi connectivity index (χ2n) is 6.61. The molecule has 2 N–H and O–H groups in total. The average molecular weight is 405 g/mol. The van der Waals surface area contributed by atoms with E-state index in [0.29, 0.717) is 23.4 Å². The number of anilines is 1. The van der Waals surface area contributed by atoms with Crippen LogP contribution < -0.4 is 10.6 Å². The molecule has 0 fully saturated rings. The van der Waals surface area contributed by atoms with E-state index in [9.17, 15) is 9.59 Å². The quantitative estimate of drug-likeness (QED) is 0.501. The van der Waals surface area contributed by atoms with Gasteiger partial charge in [-0.2, -0.15) is 0 Å². The summed E-state index contributed by atoms with van der Waals surface area (Å²) >= 11 is 1.64. The third kappa shape index (κ3) is 6.22. The normalized spacial score (nSPS) is 11.5. The van der Waals surface area contributed by atoms with Gasteiger partial charge in [0.2, 0.25) is 5.91 Å². The Labute approximate surface area is 175 Å². The second kappa shape index (κ2) is 10.5. The van der Waals surface area contributed by atoms with Crippen LogP contribution in [0.15, 0.2) is 89.8 Å². The van der Waals surface area contributed by atoms with Gasteiger partial charge >= 0.3 is 0 Å². The molecule has 0 saturated heterocycles. The second-order valence-corrected chi connectivity index (χ2v) is 7.78.